The number of aromatic carboxylic acids is 1. The molecule has 0 saturated carbocycles. The highest BCUT2D eigenvalue weighted by atomic mass is 79.9. The molecule has 110 valence electrons. The van der Waals surface area contributed by atoms with Crippen molar-refractivity contribution in [3.05, 3.63) is 52.8 Å². The summed E-state index contributed by atoms with van der Waals surface area (Å²) in [5.74, 6) is -1.19. The van der Waals surface area contributed by atoms with Crippen molar-refractivity contribution in [3.8, 4) is 0 Å². The summed E-state index contributed by atoms with van der Waals surface area (Å²) in [6.45, 7) is 0. The van der Waals surface area contributed by atoms with E-state index in [0.717, 1.165) is 10.4 Å². The van der Waals surface area contributed by atoms with Gasteiger partial charge in [0, 0.05) is 23.9 Å². The van der Waals surface area contributed by atoms with Crippen LogP contribution in [-0.2, 0) is 10.0 Å². The molecule has 2 rings (SSSR count). The summed E-state index contributed by atoms with van der Waals surface area (Å²) in [5, 5.41) is 8.99. The summed E-state index contributed by atoms with van der Waals surface area (Å²) in [6.07, 6.45) is 2.95. The molecule has 0 aliphatic heterocycles. The van der Waals surface area contributed by atoms with Crippen LogP contribution in [0.5, 0.6) is 0 Å². The largest absolute Gasteiger partial charge is 0.478 e. The lowest BCUT2D eigenvalue weighted by Crippen LogP contribution is -2.27. The number of anilines is 1. The zero-order valence-corrected chi connectivity index (χ0v) is 13.3. The number of carboxylic acid groups (broad SMARTS) is 1. The molecule has 0 amide bonds. The third-order valence-electron chi connectivity index (χ3n) is 2.84. The van der Waals surface area contributed by atoms with Crippen molar-refractivity contribution in [2.45, 2.75) is 4.90 Å². The number of benzene rings is 1. The van der Waals surface area contributed by atoms with Crippen LogP contribution in [0.2, 0.25) is 0 Å². The molecular weight excluding hydrogens is 360 g/mol. The molecule has 0 spiro atoms. The van der Waals surface area contributed by atoms with Crippen molar-refractivity contribution in [3.63, 3.8) is 0 Å². The van der Waals surface area contributed by atoms with Gasteiger partial charge in [0.1, 0.15) is 4.90 Å². The molecule has 1 aromatic carbocycles. The molecule has 21 heavy (non-hydrogen) atoms. The van der Waals surface area contributed by atoms with E-state index in [-0.39, 0.29) is 10.5 Å². The molecule has 0 unspecified atom stereocenters. The topological polar surface area (TPSA) is 87.6 Å². The van der Waals surface area contributed by atoms with Gasteiger partial charge in [0.25, 0.3) is 10.0 Å². The second kappa shape index (κ2) is 5.82. The van der Waals surface area contributed by atoms with E-state index in [2.05, 4.69) is 20.9 Å². The molecule has 0 bridgehead atoms. The van der Waals surface area contributed by atoms with Crippen LogP contribution >= 0.6 is 15.9 Å². The summed E-state index contributed by atoms with van der Waals surface area (Å²) in [6, 6.07) is 6.95. The van der Waals surface area contributed by atoms with Crippen LogP contribution in [0.15, 0.2) is 52.1 Å². The highest BCUT2D eigenvalue weighted by molar-refractivity contribution is 9.10. The third-order valence-corrected chi connectivity index (χ3v) is 5.62. The molecule has 0 aliphatic carbocycles. The Morgan fingerprint density at radius 1 is 1.24 bits per heavy atom. The zero-order valence-electron chi connectivity index (χ0n) is 10.9. The van der Waals surface area contributed by atoms with Crippen molar-refractivity contribution in [2.75, 3.05) is 11.4 Å². The van der Waals surface area contributed by atoms with Gasteiger partial charge in [0.15, 0.2) is 0 Å². The van der Waals surface area contributed by atoms with Crippen LogP contribution in [-0.4, -0.2) is 31.5 Å². The molecule has 0 aliphatic rings. The predicted molar refractivity (Wildman–Crippen MR) is 80.9 cm³/mol. The van der Waals surface area contributed by atoms with Gasteiger partial charge in [-0.3, -0.25) is 9.29 Å². The van der Waals surface area contributed by atoms with E-state index in [1.54, 1.807) is 12.1 Å². The van der Waals surface area contributed by atoms with Gasteiger partial charge in [-0.15, -0.1) is 0 Å². The second-order valence-electron chi connectivity index (χ2n) is 4.13. The molecule has 0 saturated heterocycles. The summed E-state index contributed by atoms with van der Waals surface area (Å²) in [4.78, 5) is 14.7. The highest BCUT2D eigenvalue weighted by Crippen LogP contribution is 2.28. The third kappa shape index (κ3) is 3.06. The maximum Gasteiger partial charge on any atom is 0.335 e. The molecule has 1 aromatic heterocycles. The molecule has 0 radical (unpaired) electrons. The first-order valence-electron chi connectivity index (χ1n) is 5.76. The standard InChI is InChI=1S/C13H11BrN2O4S/c1-16(10-4-6-15-7-5-10)21(19,20)12-8-9(13(17)18)2-3-11(12)14/h2-8H,1H3,(H,17,18). The van der Waals surface area contributed by atoms with Crippen LogP contribution in [0.1, 0.15) is 10.4 Å². The molecule has 1 N–H and O–H groups in total. The van der Waals surface area contributed by atoms with E-state index >= 15 is 0 Å². The molecule has 1 heterocycles. The number of pyridine rings is 1. The summed E-state index contributed by atoms with van der Waals surface area (Å²) >= 11 is 3.15. The number of carbonyl (C=O) groups is 1. The SMILES string of the molecule is CN(c1ccncc1)S(=O)(=O)c1cc(C(=O)O)ccc1Br. The number of hydrogen-bond donors (Lipinski definition) is 1. The van der Waals surface area contributed by atoms with Crippen molar-refractivity contribution in [1.82, 2.24) is 4.98 Å². The van der Waals surface area contributed by atoms with Gasteiger partial charge in [0.2, 0.25) is 0 Å². The number of rotatable bonds is 4. The van der Waals surface area contributed by atoms with E-state index < -0.39 is 16.0 Å². The Bertz CT molecular complexity index is 778. The van der Waals surface area contributed by atoms with Crippen molar-refractivity contribution < 1.29 is 18.3 Å². The minimum absolute atomic E-state index is 0.0973. The average Bonchev–Trinajstić information content (AvgIpc) is 2.47. The van der Waals surface area contributed by atoms with E-state index in [1.165, 1.54) is 31.6 Å². The van der Waals surface area contributed by atoms with Crippen LogP contribution < -0.4 is 4.31 Å². The van der Waals surface area contributed by atoms with Crippen molar-refractivity contribution in [1.29, 1.82) is 0 Å². The monoisotopic (exact) mass is 370 g/mol. The van der Waals surface area contributed by atoms with Crippen LogP contribution in [0.25, 0.3) is 0 Å². The van der Waals surface area contributed by atoms with Gasteiger partial charge in [-0.05, 0) is 46.3 Å². The number of nitrogens with zero attached hydrogens (tertiary/aromatic N) is 2. The Morgan fingerprint density at radius 3 is 2.43 bits per heavy atom. The van der Waals surface area contributed by atoms with Gasteiger partial charge in [-0.25, -0.2) is 13.2 Å². The maximum atomic E-state index is 12.6. The van der Waals surface area contributed by atoms with Gasteiger partial charge in [-0.2, -0.15) is 0 Å². The van der Waals surface area contributed by atoms with Gasteiger partial charge >= 0.3 is 5.97 Å². The first kappa shape index (κ1) is 15.5. The van der Waals surface area contributed by atoms with E-state index in [1.807, 2.05) is 0 Å². The Kier molecular flexibility index (Phi) is 4.29. The Hall–Kier alpha value is -1.93. The van der Waals surface area contributed by atoms with Gasteiger partial charge < -0.3 is 5.11 Å². The molecule has 8 heteroatoms. The number of halogens is 1. The Balaban J connectivity index is 2.54. The lowest BCUT2D eigenvalue weighted by atomic mass is 10.2. The van der Waals surface area contributed by atoms with Crippen LogP contribution in [0.4, 0.5) is 5.69 Å². The molecule has 0 atom stereocenters. The average molecular weight is 371 g/mol. The highest BCUT2D eigenvalue weighted by Gasteiger charge is 2.25. The fraction of sp³-hybridized carbons (Fsp3) is 0.0769. The summed E-state index contributed by atoms with van der Waals surface area (Å²) < 4.78 is 26.6. The van der Waals surface area contributed by atoms with E-state index in [9.17, 15) is 13.2 Å². The summed E-state index contributed by atoms with van der Waals surface area (Å²) in [7, 11) is -2.49. The predicted octanol–water partition coefficient (Wildman–Crippen LogP) is 2.37. The molecular formula is C13H11BrN2O4S. The number of carboxylic acids is 1. The smallest absolute Gasteiger partial charge is 0.335 e. The summed E-state index contributed by atoms with van der Waals surface area (Å²) in [5.41, 5.74) is 0.331. The number of hydrogen-bond acceptors (Lipinski definition) is 4. The first-order valence-corrected chi connectivity index (χ1v) is 7.99. The number of aromatic nitrogens is 1. The van der Waals surface area contributed by atoms with Crippen LogP contribution in [0, 0.1) is 0 Å². The quantitative estimate of drug-likeness (QED) is 0.892. The normalized spacial score (nSPS) is 11.1. The molecule has 6 nitrogen and oxygen atoms in total. The zero-order chi connectivity index (χ0) is 15.6. The minimum Gasteiger partial charge on any atom is -0.478 e. The van der Waals surface area contributed by atoms with Crippen molar-refractivity contribution in [2.24, 2.45) is 0 Å². The Morgan fingerprint density at radius 2 is 1.86 bits per heavy atom. The van der Waals surface area contributed by atoms with E-state index in [4.69, 9.17) is 5.11 Å². The van der Waals surface area contributed by atoms with Crippen molar-refractivity contribution >= 4 is 37.6 Å². The first-order chi connectivity index (χ1) is 9.84. The Labute approximate surface area is 130 Å². The fourth-order valence-electron chi connectivity index (χ4n) is 1.67. The maximum absolute atomic E-state index is 12.6. The molecule has 0 fully saturated rings. The minimum atomic E-state index is -3.88. The molecule has 2 aromatic rings. The second-order valence-corrected chi connectivity index (χ2v) is 6.92. The van der Waals surface area contributed by atoms with E-state index in [0.29, 0.717) is 10.2 Å². The lowest BCUT2D eigenvalue weighted by Gasteiger charge is -2.20. The van der Waals surface area contributed by atoms with Gasteiger partial charge in [0.05, 0.1) is 11.3 Å². The lowest BCUT2D eigenvalue weighted by molar-refractivity contribution is 0.0696. The van der Waals surface area contributed by atoms with Gasteiger partial charge in [-0.1, -0.05) is 0 Å². The van der Waals surface area contributed by atoms with Crippen LogP contribution in [0.3, 0.4) is 0 Å². The number of sulfonamides is 1. The fourth-order valence-corrected chi connectivity index (χ4v) is 3.82.